The smallest absolute Gasteiger partial charge is 0.119 e. The van der Waals surface area contributed by atoms with E-state index >= 15 is 0 Å². The highest BCUT2D eigenvalue weighted by Crippen LogP contribution is 2.29. The monoisotopic (exact) mass is 318 g/mol. The maximum Gasteiger partial charge on any atom is 0.119 e. The molecule has 0 heterocycles. The van der Waals surface area contributed by atoms with Gasteiger partial charge >= 0.3 is 0 Å². The summed E-state index contributed by atoms with van der Waals surface area (Å²) in [6.45, 7) is 4.31. The van der Waals surface area contributed by atoms with Crippen LogP contribution in [0, 0.1) is 13.8 Å². The fourth-order valence-corrected chi connectivity index (χ4v) is 2.75. The fourth-order valence-electron chi connectivity index (χ4n) is 2.09. The molecular formula is C17H19BrO. The Morgan fingerprint density at radius 1 is 1.05 bits per heavy atom. The number of halogens is 1. The Hall–Kier alpha value is -1.28. The van der Waals surface area contributed by atoms with Crippen LogP contribution in [0.2, 0.25) is 0 Å². The van der Waals surface area contributed by atoms with Crippen molar-refractivity contribution >= 4 is 15.9 Å². The third kappa shape index (κ3) is 3.60. The molecule has 100 valence electrons. The summed E-state index contributed by atoms with van der Waals surface area (Å²) in [6, 6.07) is 14.9. The zero-order chi connectivity index (χ0) is 13.8. The molecule has 0 N–H and O–H groups in total. The third-order valence-corrected chi connectivity index (χ3v) is 4.29. The number of hydrogen-bond donors (Lipinski definition) is 0. The highest BCUT2D eigenvalue weighted by atomic mass is 79.9. The maximum atomic E-state index is 5.27. The molecule has 1 unspecified atom stereocenters. The van der Waals surface area contributed by atoms with Gasteiger partial charge in [-0.25, -0.2) is 0 Å². The zero-order valence-electron chi connectivity index (χ0n) is 11.6. The summed E-state index contributed by atoms with van der Waals surface area (Å²) in [7, 11) is 1.70. The van der Waals surface area contributed by atoms with Gasteiger partial charge in [0.2, 0.25) is 0 Å². The van der Waals surface area contributed by atoms with Crippen LogP contribution < -0.4 is 4.74 Å². The summed E-state index contributed by atoms with van der Waals surface area (Å²) in [4.78, 5) is 0.310. The molecule has 1 nitrogen and oxygen atoms in total. The lowest BCUT2D eigenvalue weighted by Gasteiger charge is -2.12. The molecule has 2 heteroatoms. The first-order valence-corrected chi connectivity index (χ1v) is 7.36. The van der Waals surface area contributed by atoms with E-state index in [2.05, 4.69) is 60.1 Å². The summed E-state index contributed by atoms with van der Waals surface area (Å²) < 4.78 is 5.27. The minimum absolute atomic E-state index is 0.310. The Bertz CT molecular complexity index is 563. The summed E-state index contributed by atoms with van der Waals surface area (Å²) in [5.74, 6) is 0.905. The Morgan fingerprint density at radius 2 is 1.84 bits per heavy atom. The van der Waals surface area contributed by atoms with E-state index in [1.807, 2.05) is 12.1 Å². The van der Waals surface area contributed by atoms with Crippen molar-refractivity contribution in [1.82, 2.24) is 0 Å². The van der Waals surface area contributed by atoms with E-state index in [0.29, 0.717) is 4.83 Å². The van der Waals surface area contributed by atoms with Gasteiger partial charge in [0.05, 0.1) is 7.11 Å². The topological polar surface area (TPSA) is 9.23 Å². The first kappa shape index (κ1) is 14.1. The molecule has 0 radical (unpaired) electrons. The fraction of sp³-hybridized carbons (Fsp3) is 0.294. The van der Waals surface area contributed by atoms with E-state index in [1.54, 1.807) is 7.11 Å². The summed E-state index contributed by atoms with van der Waals surface area (Å²) in [5.41, 5.74) is 5.30. The van der Waals surface area contributed by atoms with Crippen molar-refractivity contribution in [2.75, 3.05) is 7.11 Å². The van der Waals surface area contributed by atoms with Gasteiger partial charge in [-0.05, 0) is 54.7 Å². The normalized spacial score (nSPS) is 12.2. The third-order valence-electron chi connectivity index (χ3n) is 3.44. The highest BCUT2D eigenvalue weighted by molar-refractivity contribution is 9.09. The molecule has 0 amide bonds. The SMILES string of the molecule is COc1cccc(C(Br)Cc2ccc(C)c(C)c2)c1. The lowest BCUT2D eigenvalue weighted by atomic mass is 10.0. The van der Waals surface area contributed by atoms with Gasteiger partial charge < -0.3 is 4.74 Å². The van der Waals surface area contributed by atoms with E-state index < -0.39 is 0 Å². The van der Waals surface area contributed by atoms with E-state index in [9.17, 15) is 0 Å². The Balaban J connectivity index is 2.15. The molecule has 0 aliphatic heterocycles. The molecule has 1 atom stereocenters. The quantitative estimate of drug-likeness (QED) is 0.721. The lowest BCUT2D eigenvalue weighted by molar-refractivity contribution is 0.414. The molecule has 0 saturated carbocycles. The van der Waals surface area contributed by atoms with E-state index in [-0.39, 0.29) is 0 Å². The number of alkyl halides is 1. The average Bonchev–Trinajstić information content (AvgIpc) is 2.43. The van der Waals surface area contributed by atoms with Crippen molar-refractivity contribution in [3.05, 3.63) is 64.7 Å². The minimum atomic E-state index is 0.310. The molecule has 0 aliphatic carbocycles. The Labute approximate surface area is 123 Å². The molecule has 0 aliphatic rings. The van der Waals surface area contributed by atoms with E-state index in [4.69, 9.17) is 4.74 Å². The molecule has 0 saturated heterocycles. The van der Waals surface area contributed by atoms with E-state index in [0.717, 1.165) is 12.2 Å². The van der Waals surface area contributed by atoms with Crippen molar-refractivity contribution < 1.29 is 4.74 Å². The first-order valence-electron chi connectivity index (χ1n) is 6.44. The van der Waals surface area contributed by atoms with E-state index in [1.165, 1.54) is 22.3 Å². The zero-order valence-corrected chi connectivity index (χ0v) is 13.2. The Kier molecular flexibility index (Phi) is 4.65. The molecule has 2 aromatic carbocycles. The average molecular weight is 319 g/mol. The number of ether oxygens (including phenoxy) is 1. The molecular weight excluding hydrogens is 300 g/mol. The largest absolute Gasteiger partial charge is 0.497 e. The summed E-state index contributed by atoms with van der Waals surface area (Å²) in [6.07, 6.45) is 0.980. The van der Waals surface area contributed by atoms with Crippen LogP contribution in [0.1, 0.15) is 27.1 Å². The molecule has 2 rings (SSSR count). The molecule has 0 fully saturated rings. The van der Waals surface area contributed by atoms with Crippen LogP contribution in [0.3, 0.4) is 0 Å². The molecule has 0 bridgehead atoms. The second-order valence-corrected chi connectivity index (χ2v) is 5.97. The number of benzene rings is 2. The maximum absolute atomic E-state index is 5.27. The van der Waals surface area contributed by atoms with Crippen LogP contribution >= 0.6 is 15.9 Å². The second kappa shape index (κ2) is 6.25. The van der Waals surface area contributed by atoms with Gasteiger partial charge in [-0.1, -0.05) is 46.3 Å². The standard InChI is InChI=1S/C17H19BrO/c1-12-7-8-14(9-13(12)2)10-17(18)15-5-4-6-16(11-15)19-3/h4-9,11,17H,10H2,1-3H3. The molecule has 19 heavy (non-hydrogen) atoms. The van der Waals surface area contributed by atoms with Crippen molar-refractivity contribution in [3.63, 3.8) is 0 Å². The lowest BCUT2D eigenvalue weighted by Crippen LogP contribution is -1.97. The first-order chi connectivity index (χ1) is 9.10. The summed E-state index contributed by atoms with van der Waals surface area (Å²) >= 11 is 3.77. The van der Waals surface area contributed by atoms with Gasteiger partial charge in [0, 0.05) is 4.83 Å². The predicted octanol–water partition coefficient (Wildman–Crippen LogP) is 4.99. The van der Waals surface area contributed by atoms with Crippen LogP contribution in [0.5, 0.6) is 5.75 Å². The van der Waals surface area contributed by atoms with Crippen molar-refractivity contribution in [2.45, 2.75) is 25.1 Å². The van der Waals surface area contributed by atoms with Crippen LogP contribution in [0.4, 0.5) is 0 Å². The number of rotatable bonds is 4. The van der Waals surface area contributed by atoms with Gasteiger partial charge in [0.1, 0.15) is 5.75 Å². The molecule has 2 aromatic rings. The molecule has 0 spiro atoms. The molecule has 0 aromatic heterocycles. The number of methoxy groups -OCH3 is 1. The predicted molar refractivity (Wildman–Crippen MR) is 84.3 cm³/mol. The van der Waals surface area contributed by atoms with Gasteiger partial charge in [0.25, 0.3) is 0 Å². The van der Waals surface area contributed by atoms with Crippen molar-refractivity contribution in [2.24, 2.45) is 0 Å². The van der Waals surface area contributed by atoms with Crippen LogP contribution in [0.15, 0.2) is 42.5 Å². The van der Waals surface area contributed by atoms with Crippen LogP contribution in [-0.4, -0.2) is 7.11 Å². The van der Waals surface area contributed by atoms with Gasteiger partial charge in [-0.15, -0.1) is 0 Å². The van der Waals surface area contributed by atoms with Crippen molar-refractivity contribution in [3.8, 4) is 5.75 Å². The van der Waals surface area contributed by atoms with Gasteiger partial charge in [-0.2, -0.15) is 0 Å². The minimum Gasteiger partial charge on any atom is -0.497 e. The van der Waals surface area contributed by atoms with Gasteiger partial charge in [0.15, 0.2) is 0 Å². The van der Waals surface area contributed by atoms with Crippen LogP contribution in [0.25, 0.3) is 0 Å². The number of aryl methyl sites for hydroxylation is 2. The Morgan fingerprint density at radius 3 is 2.53 bits per heavy atom. The van der Waals surface area contributed by atoms with Gasteiger partial charge in [-0.3, -0.25) is 0 Å². The number of hydrogen-bond acceptors (Lipinski definition) is 1. The van der Waals surface area contributed by atoms with Crippen LogP contribution in [-0.2, 0) is 6.42 Å². The van der Waals surface area contributed by atoms with Crippen molar-refractivity contribution in [1.29, 1.82) is 0 Å². The highest BCUT2D eigenvalue weighted by Gasteiger charge is 2.10. The summed E-state index contributed by atoms with van der Waals surface area (Å²) in [5, 5.41) is 0. The second-order valence-electron chi connectivity index (χ2n) is 4.87.